The van der Waals surface area contributed by atoms with E-state index in [0.29, 0.717) is 17.5 Å². The maximum Gasteiger partial charge on any atom is 0.350 e. The molecule has 4 nitrogen and oxygen atoms in total. The number of nitrogens with zero attached hydrogens (tertiary/aromatic N) is 1. The number of carbonyl (C=O) groups excluding carboxylic acids is 1. The molecule has 0 radical (unpaired) electrons. The Morgan fingerprint density at radius 2 is 2.25 bits per heavy atom. The lowest BCUT2D eigenvalue weighted by molar-refractivity contribution is 0.0531. The fourth-order valence-corrected chi connectivity index (χ4v) is 2.13. The van der Waals surface area contributed by atoms with Crippen LogP contribution in [0.3, 0.4) is 0 Å². The molecule has 1 aromatic rings. The standard InChI is InChI=1S/C11H18N2O2S/c1-5-7(3)12-11-13-8(4)9(16-11)10(14)15-6-2/h7H,5-6H2,1-4H3,(H,12,13)/t7-/m0/s1. The van der Waals surface area contributed by atoms with Crippen molar-refractivity contribution in [3.05, 3.63) is 10.6 Å². The Bertz CT molecular complexity index is 363. The van der Waals surface area contributed by atoms with Crippen LogP contribution in [0.25, 0.3) is 0 Å². The lowest BCUT2D eigenvalue weighted by Crippen LogP contribution is -2.12. The van der Waals surface area contributed by atoms with Gasteiger partial charge in [-0.15, -0.1) is 0 Å². The third-order valence-corrected chi connectivity index (χ3v) is 3.31. The molecule has 0 aliphatic heterocycles. The van der Waals surface area contributed by atoms with E-state index in [2.05, 4.69) is 24.1 Å². The van der Waals surface area contributed by atoms with Gasteiger partial charge in [-0.25, -0.2) is 9.78 Å². The van der Waals surface area contributed by atoms with Gasteiger partial charge in [0, 0.05) is 6.04 Å². The molecule has 0 spiro atoms. The highest BCUT2D eigenvalue weighted by Crippen LogP contribution is 2.24. The van der Waals surface area contributed by atoms with E-state index in [9.17, 15) is 4.79 Å². The molecule has 5 heteroatoms. The molecule has 0 aliphatic carbocycles. The Labute approximate surface area is 100 Å². The number of ether oxygens (including phenoxy) is 1. The number of aryl methyl sites for hydroxylation is 1. The lowest BCUT2D eigenvalue weighted by atomic mass is 10.3. The van der Waals surface area contributed by atoms with E-state index in [1.807, 2.05) is 6.92 Å². The van der Waals surface area contributed by atoms with Crippen LogP contribution in [-0.2, 0) is 4.74 Å². The van der Waals surface area contributed by atoms with Crippen molar-refractivity contribution in [2.75, 3.05) is 11.9 Å². The van der Waals surface area contributed by atoms with Gasteiger partial charge in [0.1, 0.15) is 4.88 Å². The molecular formula is C11H18N2O2S. The zero-order valence-electron chi connectivity index (χ0n) is 10.2. The maximum absolute atomic E-state index is 11.6. The summed E-state index contributed by atoms with van der Waals surface area (Å²) in [5.74, 6) is -0.283. The van der Waals surface area contributed by atoms with Crippen molar-refractivity contribution in [1.29, 1.82) is 0 Å². The molecule has 0 fully saturated rings. The molecule has 0 bridgehead atoms. The van der Waals surface area contributed by atoms with Crippen LogP contribution in [0.2, 0.25) is 0 Å². The van der Waals surface area contributed by atoms with Gasteiger partial charge in [-0.1, -0.05) is 18.3 Å². The summed E-state index contributed by atoms with van der Waals surface area (Å²) in [7, 11) is 0. The molecule has 0 amide bonds. The SMILES string of the molecule is CCOC(=O)c1sc(N[C@@H](C)CC)nc1C. The maximum atomic E-state index is 11.6. The summed E-state index contributed by atoms with van der Waals surface area (Å²) >= 11 is 1.35. The first-order chi connectivity index (χ1) is 7.58. The second kappa shape index (κ2) is 5.84. The number of anilines is 1. The van der Waals surface area contributed by atoms with Crippen molar-refractivity contribution in [2.45, 2.75) is 40.2 Å². The summed E-state index contributed by atoms with van der Waals surface area (Å²) in [5.41, 5.74) is 0.731. The molecule has 1 heterocycles. The summed E-state index contributed by atoms with van der Waals surface area (Å²) < 4.78 is 4.96. The molecule has 1 N–H and O–H groups in total. The molecule has 0 saturated heterocycles. The van der Waals surface area contributed by atoms with E-state index in [0.717, 1.165) is 17.2 Å². The van der Waals surface area contributed by atoms with E-state index in [4.69, 9.17) is 4.74 Å². The second-order valence-corrected chi connectivity index (χ2v) is 4.61. The number of esters is 1. The van der Waals surface area contributed by atoms with Crippen molar-refractivity contribution in [1.82, 2.24) is 4.98 Å². The van der Waals surface area contributed by atoms with Crippen molar-refractivity contribution in [3.8, 4) is 0 Å². The monoisotopic (exact) mass is 242 g/mol. The minimum absolute atomic E-state index is 0.283. The molecule has 90 valence electrons. The van der Waals surface area contributed by atoms with Gasteiger partial charge in [0.25, 0.3) is 0 Å². The number of aromatic nitrogens is 1. The zero-order valence-corrected chi connectivity index (χ0v) is 11.0. The highest BCUT2D eigenvalue weighted by atomic mass is 32.1. The summed E-state index contributed by atoms with van der Waals surface area (Å²) in [6.45, 7) is 8.20. The number of hydrogen-bond acceptors (Lipinski definition) is 5. The van der Waals surface area contributed by atoms with Crippen LogP contribution in [0.5, 0.6) is 0 Å². The van der Waals surface area contributed by atoms with Crippen molar-refractivity contribution >= 4 is 22.4 Å². The third kappa shape index (κ3) is 3.20. The van der Waals surface area contributed by atoms with Crippen LogP contribution in [0, 0.1) is 6.92 Å². The van der Waals surface area contributed by atoms with Gasteiger partial charge in [-0.3, -0.25) is 0 Å². The van der Waals surface area contributed by atoms with Crippen LogP contribution in [-0.4, -0.2) is 23.6 Å². The van der Waals surface area contributed by atoms with Crippen LogP contribution >= 0.6 is 11.3 Å². The molecule has 1 atom stereocenters. The summed E-state index contributed by atoms with van der Waals surface area (Å²) in [6.07, 6.45) is 1.02. The highest BCUT2D eigenvalue weighted by molar-refractivity contribution is 7.17. The quantitative estimate of drug-likeness (QED) is 0.807. The van der Waals surface area contributed by atoms with E-state index in [-0.39, 0.29) is 5.97 Å². The molecule has 0 aromatic carbocycles. The average molecular weight is 242 g/mol. The minimum Gasteiger partial charge on any atom is -0.462 e. The van der Waals surface area contributed by atoms with E-state index >= 15 is 0 Å². The molecule has 16 heavy (non-hydrogen) atoms. The molecule has 0 aliphatic rings. The Hall–Kier alpha value is -1.10. The van der Waals surface area contributed by atoms with Gasteiger partial charge in [0.2, 0.25) is 0 Å². The number of thiazole rings is 1. The van der Waals surface area contributed by atoms with Gasteiger partial charge in [0.05, 0.1) is 12.3 Å². The average Bonchev–Trinajstić information content (AvgIpc) is 2.59. The first kappa shape index (κ1) is 13.0. The first-order valence-corrected chi connectivity index (χ1v) is 6.31. The third-order valence-electron chi connectivity index (χ3n) is 2.24. The molecular weight excluding hydrogens is 224 g/mol. The van der Waals surface area contributed by atoms with Gasteiger partial charge >= 0.3 is 5.97 Å². The van der Waals surface area contributed by atoms with Crippen LogP contribution in [0.4, 0.5) is 5.13 Å². The van der Waals surface area contributed by atoms with Crippen LogP contribution in [0.15, 0.2) is 0 Å². The topological polar surface area (TPSA) is 51.2 Å². The predicted octanol–water partition coefficient (Wildman–Crippen LogP) is 2.84. The molecule has 1 rings (SSSR count). The fraction of sp³-hybridized carbons (Fsp3) is 0.636. The Morgan fingerprint density at radius 3 is 2.81 bits per heavy atom. The largest absolute Gasteiger partial charge is 0.462 e. The van der Waals surface area contributed by atoms with Gasteiger partial charge in [-0.05, 0) is 27.2 Å². The fourth-order valence-electron chi connectivity index (χ4n) is 1.16. The molecule has 1 aromatic heterocycles. The van der Waals surface area contributed by atoms with Crippen molar-refractivity contribution < 1.29 is 9.53 Å². The first-order valence-electron chi connectivity index (χ1n) is 5.49. The van der Waals surface area contributed by atoms with E-state index in [1.54, 1.807) is 6.92 Å². The Kier molecular flexibility index (Phi) is 4.73. The zero-order chi connectivity index (χ0) is 12.1. The minimum atomic E-state index is -0.283. The number of nitrogens with one attached hydrogen (secondary N) is 1. The summed E-state index contributed by atoms with van der Waals surface area (Å²) in [4.78, 5) is 16.5. The van der Waals surface area contributed by atoms with Gasteiger partial charge in [0.15, 0.2) is 5.13 Å². The predicted molar refractivity (Wildman–Crippen MR) is 66.2 cm³/mol. The lowest BCUT2D eigenvalue weighted by Gasteiger charge is -2.08. The summed E-state index contributed by atoms with van der Waals surface area (Å²) in [5, 5.41) is 4.04. The highest BCUT2D eigenvalue weighted by Gasteiger charge is 2.16. The number of rotatable bonds is 5. The number of hydrogen-bond donors (Lipinski definition) is 1. The normalized spacial score (nSPS) is 12.2. The van der Waals surface area contributed by atoms with Gasteiger partial charge < -0.3 is 10.1 Å². The van der Waals surface area contributed by atoms with E-state index < -0.39 is 0 Å². The van der Waals surface area contributed by atoms with Crippen molar-refractivity contribution in [3.63, 3.8) is 0 Å². The number of carbonyl (C=O) groups is 1. The molecule has 0 unspecified atom stereocenters. The molecule has 0 saturated carbocycles. The Morgan fingerprint density at radius 1 is 1.56 bits per heavy atom. The van der Waals surface area contributed by atoms with Crippen LogP contribution < -0.4 is 5.32 Å². The van der Waals surface area contributed by atoms with Crippen molar-refractivity contribution in [2.24, 2.45) is 0 Å². The van der Waals surface area contributed by atoms with Gasteiger partial charge in [-0.2, -0.15) is 0 Å². The second-order valence-electron chi connectivity index (χ2n) is 3.61. The van der Waals surface area contributed by atoms with Crippen LogP contribution in [0.1, 0.15) is 42.6 Å². The smallest absolute Gasteiger partial charge is 0.350 e. The Balaban J connectivity index is 2.77. The summed E-state index contributed by atoms with van der Waals surface area (Å²) in [6, 6.07) is 0.362. The van der Waals surface area contributed by atoms with E-state index in [1.165, 1.54) is 11.3 Å².